The third-order valence-corrected chi connectivity index (χ3v) is 3.42. The number of nitrogens with zero attached hydrogens (tertiary/aromatic N) is 2. The zero-order valence-electron chi connectivity index (χ0n) is 10.2. The van der Waals surface area contributed by atoms with E-state index >= 15 is 0 Å². The van der Waals surface area contributed by atoms with Gasteiger partial charge >= 0.3 is 0 Å². The van der Waals surface area contributed by atoms with Crippen molar-refractivity contribution in [1.29, 1.82) is 0 Å². The molecule has 2 heterocycles. The summed E-state index contributed by atoms with van der Waals surface area (Å²) in [6.45, 7) is -0.106. The summed E-state index contributed by atoms with van der Waals surface area (Å²) in [6.07, 6.45) is 2.72. The van der Waals surface area contributed by atoms with Gasteiger partial charge in [-0.1, -0.05) is 18.2 Å². The van der Waals surface area contributed by atoms with Gasteiger partial charge in [-0.15, -0.1) is 0 Å². The Labute approximate surface area is 122 Å². The molecule has 0 radical (unpaired) electrons. The first-order chi connectivity index (χ1) is 9.65. The topological polar surface area (TPSA) is 65.1 Å². The average molecular weight is 333 g/mol. The number of benzene rings is 1. The first-order valence-electron chi connectivity index (χ1n) is 5.87. The van der Waals surface area contributed by atoms with E-state index in [2.05, 4.69) is 20.9 Å². The molecule has 2 aromatic heterocycles. The second-order valence-electron chi connectivity index (χ2n) is 4.25. The molecule has 1 aromatic carbocycles. The van der Waals surface area contributed by atoms with E-state index in [4.69, 9.17) is 4.42 Å². The molecule has 0 aliphatic rings. The number of halogens is 1. The van der Waals surface area contributed by atoms with Gasteiger partial charge in [0, 0.05) is 11.6 Å². The SMILES string of the molecule is O=C(Cn1cncc(Br)c1=O)c1cc2ccccc2o1. The molecular formula is C14H9BrN2O3. The van der Waals surface area contributed by atoms with Crippen molar-refractivity contribution < 1.29 is 9.21 Å². The van der Waals surface area contributed by atoms with E-state index in [9.17, 15) is 9.59 Å². The first-order valence-corrected chi connectivity index (χ1v) is 6.66. The van der Waals surface area contributed by atoms with Crippen molar-refractivity contribution in [1.82, 2.24) is 9.55 Å². The molecule has 6 heteroatoms. The predicted molar refractivity (Wildman–Crippen MR) is 76.7 cm³/mol. The molecule has 0 unspecified atom stereocenters. The fraction of sp³-hybridized carbons (Fsp3) is 0.0714. The molecule has 0 atom stereocenters. The zero-order valence-corrected chi connectivity index (χ0v) is 11.8. The van der Waals surface area contributed by atoms with Crippen molar-refractivity contribution in [2.75, 3.05) is 0 Å². The lowest BCUT2D eigenvalue weighted by Gasteiger charge is -2.02. The van der Waals surface area contributed by atoms with Gasteiger partial charge in [0.1, 0.15) is 10.1 Å². The Morgan fingerprint density at radius 3 is 2.95 bits per heavy atom. The molecule has 100 valence electrons. The largest absolute Gasteiger partial charge is 0.453 e. The van der Waals surface area contributed by atoms with Crippen LogP contribution in [-0.2, 0) is 6.54 Å². The van der Waals surface area contributed by atoms with Gasteiger partial charge < -0.3 is 4.42 Å². The molecule has 0 aliphatic carbocycles. The van der Waals surface area contributed by atoms with Crippen molar-refractivity contribution in [3.63, 3.8) is 0 Å². The van der Waals surface area contributed by atoms with Crippen LogP contribution in [0.3, 0.4) is 0 Å². The van der Waals surface area contributed by atoms with E-state index in [0.29, 0.717) is 10.1 Å². The van der Waals surface area contributed by atoms with E-state index in [-0.39, 0.29) is 23.6 Å². The summed E-state index contributed by atoms with van der Waals surface area (Å²) >= 11 is 3.09. The summed E-state index contributed by atoms with van der Waals surface area (Å²) in [5, 5.41) is 0.857. The van der Waals surface area contributed by atoms with Crippen LogP contribution in [0.25, 0.3) is 11.0 Å². The van der Waals surface area contributed by atoms with Gasteiger partial charge in [-0.05, 0) is 28.1 Å². The van der Waals surface area contributed by atoms with Gasteiger partial charge in [0.2, 0.25) is 5.78 Å². The van der Waals surface area contributed by atoms with Gasteiger partial charge in [-0.2, -0.15) is 0 Å². The van der Waals surface area contributed by atoms with Gasteiger partial charge in [0.05, 0.1) is 12.9 Å². The minimum absolute atomic E-state index is 0.106. The first kappa shape index (κ1) is 12.8. The Bertz CT molecular complexity index is 818. The molecule has 0 spiro atoms. The van der Waals surface area contributed by atoms with Crippen LogP contribution in [0.15, 0.2) is 56.5 Å². The number of carbonyl (C=O) groups excluding carboxylic acids is 1. The molecule has 0 N–H and O–H groups in total. The molecule has 0 aliphatic heterocycles. The monoisotopic (exact) mass is 332 g/mol. The van der Waals surface area contributed by atoms with Crippen LogP contribution in [-0.4, -0.2) is 15.3 Å². The number of carbonyl (C=O) groups is 1. The van der Waals surface area contributed by atoms with Crippen molar-refractivity contribution in [2.45, 2.75) is 6.54 Å². The van der Waals surface area contributed by atoms with Crippen LogP contribution in [0.2, 0.25) is 0 Å². The van der Waals surface area contributed by atoms with Crippen LogP contribution < -0.4 is 5.56 Å². The molecule has 3 rings (SSSR count). The summed E-state index contributed by atoms with van der Waals surface area (Å²) in [5.74, 6) is -0.0405. The summed E-state index contributed by atoms with van der Waals surface area (Å²) in [7, 11) is 0. The number of Topliss-reactive ketones (excluding diaryl/α,β-unsaturated/α-hetero) is 1. The zero-order chi connectivity index (χ0) is 14.1. The summed E-state index contributed by atoms with van der Waals surface area (Å²) in [4.78, 5) is 27.8. The number of hydrogen-bond donors (Lipinski definition) is 0. The van der Waals surface area contributed by atoms with Gasteiger partial charge in [-0.25, -0.2) is 4.98 Å². The molecular weight excluding hydrogens is 324 g/mol. The predicted octanol–water partition coefficient (Wildman–Crippen LogP) is 2.63. The number of fused-ring (bicyclic) bond motifs is 1. The van der Waals surface area contributed by atoms with Gasteiger partial charge in [0.25, 0.3) is 5.56 Å². The minimum atomic E-state index is -0.301. The molecule has 0 saturated heterocycles. The Morgan fingerprint density at radius 1 is 1.35 bits per heavy atom. The lowest BCUT2D eigenvalue weighted by atomic mass is 10.2. The standard InChI is InChI=1S/C14H9BrN2O3/c15-10-6-16-8-17(14(10)19)7-11(18)13-5-9-3-1-2-4-12(9)20-13/h1-6,8H,7H2. The Kier molecular flexibility index (Phi) is 3.23. The minimum Gasteiger partial charge on any atom is -0.453 e. The van der Waals surface area contributed by atoms with Crippen LogP contribution in [0, 0.1) is 0 Å². The number of ketones is 1. The molecule has 20 heavy (non-hydrogen) atoms. The van der Waals surface area contributed by atoms with E-state index in [1.807, 2.05) is 18.2 Å². The van der Waals surface area contributed by atoms with E-state index < -0.39 is 0 Å². The van der Waals surface area contributed by atoms with Crippen molar-refractivity contribution >= 4 is 32.7 Å². The van der Waals surface area contributed by atoms with Gasteiger partial charge in [0.15, 0.2) is 5.76 Å². The Hall–Kier alpha value is -2.21. The number of rotatable bonds is 3. The van der Waals surface area contributed by atoms with Gasteiger partial charge in [-0.3, -0.25) is 14.2 Å². The number of para-hydroxylation sites is 1. The maximum absolute atomic E-state index is 12.2. The second kappa shape index (κ2) is 5.05. The molecule has 5 nitrogen and oxygen atoms in total. The average Bonchev–Trinajstić information content (AvgIpc) is 2.88. The summed E-state index contributed by atoms with van der Waals surface area (Å²) < 4.78 is 7.03. The number of aromatic nitrogens is 2. The third kappa shape index (κ3) is 2.30. The van der Waals surface area contributed by atoms with E-state index in [0.717, 1.165) is 5.39 Å². The molecule has 0 amide bonds. The van der Waals surface area contributed by atoms with Crippen LogP contribution in [0.5, 0.6) is 0 Å². The molecule has 0 bridgehead atoms. The lowest BCUT2D eigenvalue weighted by molar-refractivity contribution is 0.0945. The maximum Gasteiger partial charge on any atom is 0.268 e. The smallest absolute Gasteiger partial charge is 0.268 e. The van der Waals surface area contributed by atoms with E-state index in [1.165, 1.54) is 17.1 Å². The number of furan rings is 1. The molecule has 0 fully saturated rings. The van der Waals surface area contributed by atoms with Crippen LogP contribution >= 0.6 is 15.9 Å². The third-order valence-electron chi connectivity index (χ3n) is 2.87. The highest BCUT2D eigenvalue weighted by atomic mass is 79.9. The van der Waals surface area contributed by atoms with Crippen LogP contribution in [0.4, 0.5) is 0 Å². The van der Waals surface area contributed by atoms with E-state index in [1.54, 1.807) is 12.1 Å². The second-order valence-corrected chi connectivity index (χ2v) is 5.10. The van der Waals surface area contributed by atoms with Crippen molar-refractivity contribution in [3.8, 4) is 0 Å². The Morgan fingerprint density at radius 2 is 2.15 bits per heavy atom. The highest BCUT2D eigenvalue weighted by molar-refractivity contribution is 9.10. The summed E-state index contributed by atoms with van der Waals surface area (Å²) in [6, 6.07) is 9.03. The fourth-order valence-electron chi connectivity index (χ4n) is 1.89. The summed E-state index contributed by atoms with van der Waals surface area (Å²) in [5.41, 5.74) is 0.347. The molecule has 3 aromatic rings. The molecule has 0 saturated carbocycles. The van der Waals surface area contributed by atoms with Crippen LogP contribution in [0.1, 0.15) is 10.6 Å². The van der Waals surface area contributed by atoms with Crippen molar-refractivity contribution in [3.05, 3.63) is 63.4 Å². The Balaban J connectivity index is 1.93. The lowest BCUT2D eigenvalue weighted by Crippen LogP contribution is -2.24. The fourth-order valence-corrected chi connectivity index (χ4v) is 2.23. The maximum atomic E-state index is 12.2. The quantitative estimate of drug-likeness (QED) is 0.691. The van der Waals surface area contributed by atoms with Crippen molar-refractivity contribution in [2.24, 2.45) is 0 Å². The highest BCUT2D eigenvalue weighted by Gasteiger charge is 2.14. The highest BCUT2D eigenvalue weighted by Crippen LogP contribution is 2.19. The normalized spacial score (nSPS) is 10.8. The number of hydrogen-bond acceptors (Lipinski definition) is 4.